The lowest BCUT2D eigenvalue weighted by Crippen LogP contribution is -2.28. The Morgan fingerprint density at radius 2 is 2.17 bits per heavy atom. The molecule has 1 N–H and O–H groups in total. The first-order valence-electron chi connectivity index (χ1n) is 7.56. The maximum absolute atomic E-state index is 12.1. The molecule has 6 nitrogen and oxygen atoms in total. The minimum atomic E-state index is -0.165. The van der Waals surface area contributed by atoms with E-state index < -0.39 is 0 Å². The van der Waals surface area contributed by atoms with E-state index in [9.17, 15) is 4.79 Å². The Hall–Kier alpha value is -2.54. The zero-order valence-electron chi connectivity index (χ0n) is 13.5. The van der Waals surface area contributed by atoms with Crippen molar-refractivity contribution in [3.05, 3.63) is 60.3 Å². The average Bonchev–Trinajstić information content (AvgIpc) is 3.25. The van der Waals surface area contributed by atoms with Gasteiger partial charge in [-0.05, 0) is 37.6 Å². The first-order chi connectivity index (χ1) is 11.6. The van der Waals surface area contributed by atoms with Crippen LogP contribution >= 0.6 is 11.8 Å². The van der Waals surface area contributed by atoms with Gasteiger partial charge in [0.25, 0.3) is 0 Å². The molecule has 1 unspecified atom stereocenters. The van der Waals surface area contributed by atoms with Gasteiger partial charge in [-0.1, -0.05) is 30.0 Å². The summed E-state index contributed by atoms with van der Waals surface area (Å²) >= 11 is 1.35. The molecule has 0 saturated carbocycles. The molecule has 2 aromatic heterocycles. The van der Waals surface area contributed by atoms with Crippen LogP contribution in [0.4, 0.5) is 0 Å². The SMILES string of the molecule is Cc1ccccc1-n1cnnc1SCC(=O)NC(C)c1ccco1. The summed E-state index contributed by atoms with van der Waals surface area (Å²) in [4.78, 5) is 12.1. The molecule has 24 heavy (non-hydrogen) atoms. The predicted molar refractivity (Wildman–Crippen MR) is 92.1 cm³/mol. The summed E-state index contributed by atoms with van der Waals surface area (Å²) in [5.74, 6) is 0.912. The first-order valence-corrected chi connectivity index (χ1v) is 8.55. The Kier molecular flexibility index (Phi) is 5.00. The molecule has 0 aliphatic heterocycles. The summed E-state index contributed by atoms with van der Waals surface area (Å²) in [6, 6.07) is 11.5. The Morgan fingerprint density at radius 3 is 2.92 bits per heavy atom. The highest BCUT2D eigenvalue weighted by atomic mass is 32.2. The molecule has 0 spiro atoms. The summed E-state index contributed by atoms with van der Waals surface area (Å²) in [5.41, 5.74) is 2.13. The van der Waals surface area contributed by atoms with Gasteiger partial charge in [-0.2, -0.15) is 0 Å². The average molecular weight is 342 g/mol. The summed E-state index contributed by atoms with van der Waals surface area (Å²) in [7, 11) is 0. The van der Waals surface area contributed by atoms with Gasteiger partial charge in [-0.3, -0.25) is 9.36 Å². The number of carbonyl (C=O) groups excluding carboxylic acids is 1. The number of hydrogen-bond donors (Lipinski definition) is 1. The molecule has 1 atom stereocenters. The Labute approximate surface area is 144 Å². The van der Waals surface area contributed by atoms with Gasteiger partial charge < -0.3 is 9.73 Å². The van der Waals surface area contributed by atoms with E-state index in [0.717, 1.165) is 17.0 Å². The fourth-order valence-corrected chi connectivity index (χ4v) is 3.08. The van der Waals surface area contributed by atoms with Crippen LogP contribution in [0.2, 0.25) is 0 Å². The molecule has 1 aromatic carbocycles. The van der Waals surface area contributed by atoms with Crippen LogP contribution in [-0.2, 0) is 4.79 Å². The molecule has 0 radical (unpaired) electrons. The lowest BCUT2D eigenvalue weighted by molar-refractivity contribution is -0.119. The maximum Gasteiger partial charge on any atom is 0.231 e. The van der Waals surface area contributed by atoms with Crippen molar-refractivity contribution in [1.29, 1.82) is 0 Å². The summed E-state index contributed by atoms with van der Waals surface area (Å²) in [6.45, 7) is 3.92. The maximum atomic E-state index is 12.1. The molecule has 0 aliphatic carbocycles. The zero-order valence-corrected chi connectivity index (χ0v) is 14.3. The van der Waals surface area contributed by atoms with E-state index in [-0.39, 0.29) is 17.7 Å². The lowest BCUT2D eigenvalue weighted by atomic mass is 10.2. The standard InChI is InChI=1S/C17H18N4O2S/c1-12-6-3-4-7-14(12)21-11-18-20-17(21)24-10-16(22)19-13(2)15-8-5-9-23-15/h3-9,11,13H,10H2,1-2H3,(H,19,22). The second kappa shape index (κ2) is 7.35. The van der Waals surface area contributed by atoms with Gasteiger partial charge in [-0.15, -0.1) is 10.2 Å². The molecule has 1 amide bonds. The third-order valence-electron chi connectivity index (χ3n) is 3.57. The first kappa shape index (κ1) is 16.3. The number of thioether (sulfide) groups is 1. The largest absolute Gasteiger partial charge is 0.467 e. The third-order valence-corrected chi connectivity index (χ3v) is 4.51. The van der Waals surface area contributed by atoms with Gasteiger partial charge >= 0.3 is 0 Å². The fraction of sp³-hybridized carbons (Fsp3) is 0.235. The monoisotopic (exact) mass is 342 g/mol. The van der Waals surface area contributed by atoms with Gasteiger partial charge in [0.1, 0.15) is 12.1 Å². The number of nitrogens with one attached hydrogen (secondary N) is 1. The number of nitrogens with zero attached hydrogens (tertiary/aromatic N) is 3. The molecule has 0 saturated heterocycles. The van der Waals surface area contributed by atoms with Crippen molar-refractivity contribution in [3.8, 4) is 5.69 Å². The Morgan fingerprint density at radius 1 is 1.33 bits per heavy atom. The number of furan rings is 1. The number of amides is 1. The number of rotatable bonds is 6. The molecule has 7 heteroatoms. The van der Waals surface area contributed by atoms with Crippen LogP contribution in [0.1, 0.15) is 24.3 Å². The van der Waals surface area contributed by atoms with Gasteiger partial charge in [0.05, 0.1) is 23.7 Å². The van der Waals surface area contributed by atoms with Crippen LogP contribution in [0, 0.1) is 6.92 Å². The van der Waals surface area contributed by atoms with E-state index >= 15 is 0 Å². The predicted octanol–water partition coefficient (Wildman–Crippen LogP) is 3.14. The molecule has 0 bridgehead atoms. The highest BCUT2D eigenvalue weighted by molar-refractivity contribution is 7.99. The van der Waals surface area contributed by atoms with Crippen molar-refractivity contribution in [2.24, 2.45) is 0 Å². The summed E-state index contributed by atoms with van der Waals surface area (Å²) < 4.78 is 7.18. The van der Waals surface area contributed by atoms with Crippen molar-refractivity contribution in [1.82, 2.24) is 20.1 Å². The Balaban J connectivity index is 1.63. The molecular formula is C17H18N4O2S. The number of carbonyl (C=O) groups is 1. The van der Waals surface area contributed by atoms with Crippen molar-refractivity contribution in [2.45, 2.75) is 25.0 Å². The van der Waals surface area contributed by atoms with Gasteiger partial charge in [-0.25, -0.2) is 0 Å². The van der Waals surface area contributed by atoms with E-state index in [0.29, 0.717) is 5.16 Å². The smallest absolute Gasteiger partial charge is 0.231 e. The molecule has 124 valence electrons. The van der Waals surface area contributed by atoms with Crippen molar-refractivity contribution < 1.29 is 9.21 Å². The molecular weight excluding hydrogens is 324 g/mol. The van der Waals surface area contributed by atoms with Crippen LogP contribution in [0.5, 0.6) is 0 Å². The van der Waals surface area contributed by atoms with Crippen LogP contribution in [0.15, 0.2) is 58.6 Å². The second-order valence-electron chi connectivity index (χ2n) is 5.36. The molecule has 0 aliphatic rings. The minimum Gasteiger partial charge on any atom is -0.467 e. The number of hydrogen-bond acceptors (Lipinski definition) is 5. The van der Waals surface area contributed by atoms with Crippen LogP contribution in [0.3, 0.4) is 0 Å². The van der Waals surface area contributed by atoms with Gasteiger partial charge in [0.15, 0.2) is 5.16 Å². The quantitative estimate of drug-likeness (QED) is 0.697. The minimum absolute atomic E-state index is 0.0803. The van der Waals surface area contributed by atoms with E-state index in [1.54, 1.807) is 18.7 Å². The number of aryl methyl sites for hydroxylation is 1. The number of aromatic nitrogens is 3. The second-order valence-corrected chi connectivity index (χ2v) is 6.31. The Bertz CT molecular complexity index is 814. The summed E-state index contributed by atoms with van der Waals surface area (Å²) in [6.07, 6.45) is 3.26. The van der Waals surface area contributed by atoms with Crippen LogP contribution in [-0.4, -0.2) is 26.4 Å². The molecule has 3 rings (SSSR count). The van der Waals surface area contributed by atoms with Crippen molar-refractivity contribution in [3.63, 3.8) is 0 Å². The lowest BCUT2D eigenvalue weighted by Gasteiger charge is -2.12. The zero-order chi connectivity index (χ0) is 16.9. The summed E-state index contributed by atoms with van der Waals surface area (Å²) in [5, 5.41) is 11.7. The molecule has 2 heterocycles. The van der Waals surface area contributed by atoms with E-state index in [2.05, 4.69) is 15.5 Å². The molecule has 3 aromatic rings. The fourth-order valence-electron chi connectivity index (χ4n) is 2.34. The van der Waals surface area contributed by atoms with Crippen molar-refractivity contribution >= 4 is 17.7 Å². The highest BCUT2D eigenvalue weighted by Gasteiger charge is 2.14. The van der Waals surface area contributed by atoms with Crippen LogP contribution < -0.4 is 5.32 Å². The van der Waals surface area contributed by atoms with Gasteiger partial charge in [0, 0.05) is 0 Å². The van der Waals surface area contributed by atoms with E-state index in [1.165, 1.54) is 11.8 Å². The van der Waals surface area contributed by atoms with Crippen molar-refractivity contribution in [2.75, 3.05) is 5.75 Å². The van der Waals surface area contributed by atoms with E-state index in [1.807, 2.05) is 48.7 Å². The topological polar surface area (TPSA) is 73.0 Å². The normalized spacial score (nSPS) is 12.1. The third kappa shape index (κ3) is 3.68. The van der Waals surface area contributed by atoms with Gasteiger partial charge in [0.2, 0.25) is 5.91 Å². The highest BCUT2D eigenvalue weighted by Crippen LogP contribution is 2.22. The number of para-hydroxylation sites is 1. The van der Waals surface area contributed by atoms with E-state index in [4.69, 9.17) is 4.42 Å². The van der Waals surface area contributed by atoms with Crippen LogP contribution in [0.25, 0.3) is 5.69 Å². The molecule has 0 fully saturated rings. The number of benzene rings is 1.